The number of hydrogen-bond donors (Lipinski definition) is 0. The minimum Gasteiger partial charge on any atom is -0.388 e. The molecule has 0 bridgehead atoms. The van der Waals surface area contributed by atoms with Crippen LogP contribution in [0.2, 0.25) is 6.04 Å². The van der Waals surface area contributed by atoms with Gasteiger partial charge in [-0.2, -0.15) is 0 Å². The summed E-state index contributed by atoms with van der Waals surface area (Å²) in [6.07, 6.45) is 4.10. The smallest absolute Gasteiger partial charge is 0.100 e. The summed E-state index contributed by atoms with van der Waals surface area (Å²) in [4.78, 5) is 2.25. The molecular weight excluding hydrogens is 238 g/mol. The van der Waals surface area contributed by atoms with Gasteiger partial charge in [0, 0.05) is 13.3 Å². The molecule has 1 atom stereocenters. The van der Waals surface area contributed by atoms with E-state index in [1.807, 2.05) is 13.2 Å². The Labute approximate surface area is 113 Å². The summed E-state index contributed by atoms with van der Waals surface area (Å²) in [5.74, 6) is 0. The molecule has 0 saturated carbocycles. The molecule has 18 heavy (non-hydrogen) atoms. The Bertz CT molecular complexity index is 365. The summed E-state index contributed by atoms with van der Waals surface area (Å²) in [6, 6.07) is 10.1. The van der Waals surface area contributed by atoms with Gasteiger partial charge in [0.25, 0.3) is 0 Å². The van der Waals surface area contributed by atoms with Crippen LogP contribution in [0.3, 0.4) is 0 Å². The number of nitrogens with zero attached hydrogens (tertiary/aromatic N) is 1. The van der Waals surface area contributed by atoms with Crippen molar-refractivity contribution in [3.8, 4) is 0 Å². The lowest BCUT2D eigenvalue weighted by Crippen LogP contribution is -2.35. The summed E-state index contributed by atoms with van der Waals surface area (Å²) < 4.78 is 5.41. The zero-order chi connectivity index (χ0) is 13.4. The standard InChI is InChI=1S/C15H25NOSi/c1-5-14-8-6-9-15(12-14)18(13-17-4)11-7-10-16(2)3/h5-6,8-9,12,18H,1,7,10-11,13H2,2-4H3. The van der Waals surface area contributed by atoms with Crippen LogP contribution in [0, 0.1) is 0 Å². The maximum absolute atomic E-state index is 5.41. The molecule has 0 saturated heterocycles. The fourth-order valence-corrected chi connectivity index (χ4v) is 4.72. The highest BCUT2D eigenvalue weighted by molar-refractivity contribution is 6.73. The molecule has 0 N–H and O–H groups in total. The molecule has 2 nitrogen and oxygen atoms in total. The topological polar surface area (TPSA) is 12.5 Å². The Morgan fingerprint density at radius 3 is 2.78 bits per heavy atom. The second kappa shape index (κ2) is 8.24. The highest BCUT2D eigenvalue weighted by atomic mass is 28.3. The normalized spacial score (nSPS) is 12.7. The second-order valence-electron chi connectivity index (χ2n) is 4.97. The largest absolute Gasteiger partial charge is 0.388 e. The van der Waals surface area contributed by atoms with Gasteiger partial charge in [0.1, 0.15) is 8.80 Å². The average Bonchev–Trinajstić information content (AvgIpc) is 2.37. The Morgan fingerprint density at radius 1 is 1.39 bits per heavy atom. The van der Waals surface area contributed by atoms with Crippen molar-refractivity contribution >= 4 is 20.1 Å². The van der Waals surface area contributed by atoms with Crippen LogP contribution >= 0.6 is 0 Å². The molecule has 3 heteroatoms. The molecule has 100 valence electrons. The van der Waals surface area contributed by atoms with Gasteiger partial charge in [-0.1, -0.05) is 48.2 Å². The lowest BCUT2D eigenvalue weighted by molar-refractivity contribution is 0.249. The van der Waals surface area contributed by atoms with Crippen LogP contribution in [-0.2, 0) is 4.74 Å². The van der Waals surface area contributed by atoms with Crippen molar-refractivity contribution in [1.29, 1.82) is 0 Å². The number of benzene rings is 1. The van der Waals surface area contributed by atoms with Gasteiger partial charge < -0.3 is 9.64 Å². The van der Waals surface area contributed by atoms with Gasteiger partial charge in [0.2, 0.25) is 0 Å². The van der Waals surface area contributed by atoms with E-state index in [4.69, 9.17) is 4.74 Å². The summed E-state index contributed by atoms with van der Waals surface area (Å²) in [5, 5.41) is 1.49. The third-order valence-electron chi connectivity index (χ3n) is 3.14. The third kappa shape index (κ3) is 5.17. The number of ether oxygens (including phenoxy) is 1. The van der Waals surface area contributed by atoms with Gasteiger partial charge in [0.15, 0.2) is 0 Å². The monoisotopic (exact) mass is 263 g/mol. The maximum atomic E-state index is 5.41. The van der Waals surface area contributed by atoms with Crippen LogP contribution in [0.1, 0.15) is 12.0 Å². The van der Waals surface area contributed by atoms with Crippen molar-refractivity contribution in [3.63, 3.8) is 0 Å². The first-order valence-electron chi connectivity index (χ1n) is 6.53. The van der Waals surface area contributed by atoms with Gasteiger partial charge in [0.05, 0.1) is 0 Å². The SMILES string of the molecule is C=Cc1cccc([SiH](CCCN(C)C)COC)c1. The minimum absolute atomic E-state index is 0.925. The summed E-state index contributed by atoms with van der Waals surface area (Å²) >= 11 is 0. The molecule has 1 aromatic rings. The van der Waals surface area contributed by atoms with Crippen LogP contribution in [-0.4, -0.2) is 47.7 Å². The predicted octanol–water partition coefficient (Wildman–Crippen LogP) is 1.90. The second-order valence-corrected chi connectivity index (χ2v) is 7.94. The first-order chi connectivity index (χ1) is 8.67. The Hall–Kier alpha value is -0.903. The van der Waals surface area contributed by atoms with Crippen molar-refractivity contribution in [1.82, 2.24) is 4.90 Å². The third-order valence-corrected chi connectivity index (χ3v) is 6.29. The lowest BCUT2D eigenvalue weighted by atomic mass is 10.2. The van der Waals surface area contributed by atoms with E-state index in [0.717, 1.165) is 12.8 Å². The number of rotatable bonds is 8. The van der Waals surface area contributed by atoms with Crippen LogP contribution < -0.4 is 5.19 Å². The first-order valence-corrected chi connectivity index (χ1v) is 8.74. The molecule has 0 amide bonds. The quantitative estimate of drug-likeness (QED) is 0.664. The first kappa shape index (κ1) is 15.2. The number of hydrogen-bond acceptors (Lipinski definition) is 2. The van der Waals surface area contributed by atoms with E-state index < -0.39 is 8.80 Å². The molecule has 0 spiro atoms. The summed E-state index contributed by atoms with van der Waals surface area (Å²) in [7, 11) is 5.08. The molecule has 1 aromatic carbocycles. The van der Waals surface area contributed by atoms with E-state index in [9.17, 15) is 0 Å². The molecule has 0 aliphatic rings. The molecule has 1 unspecified atom stereocenters. The molecule has 0 heterocycles. The van der Waals surface area contributed by atoms with Crippen LogP contribution in [0.4, 0.5) is 0 Å². The molecule has 0 aliphatic heterocycles. The Balaban J connectivity index is 2.67. The van der Waals surface area contributed by atoms with Gasteiger partial charge in [-0.15, -0.1) is 0 Å². The fraction of sp³-hybridized carbons (Fsp3) is 0.467. The van der Waals surface area contributed by atoms with Crippen LogP contribution in [0.5, 0.6) is 0 Å². The highest BCUT2D eigenvalue weighted by Crippen LogP contribution is 2.04. The van der Waals surface area contributed by atoms with Crippen molar-refractivity contribution in [2.75, 3.05) is 34.0 Å². The zero-order valence-corrected chi connectivity index (χ0v) is 13.0. The van der Waals surface area contributed by atoms with E-state index in [1.165, 1.54) is 23.2 Å². The molecule has 0 radical (unpaired) electrons. The lowest BCUT2D eigenvalue weighted by Gasteiger charge is -2.17. The Morgan fingerprint density at radius 2 is 2.17 bits per heavy atom. The number of methoxy groups -OCH3 is 1. The van der Waals surface area contributed by atoms with E-state index in [1.54, 1.807) is 0 Å². The Kier molecular flexibility index (Phi) is 6.94. The molecule has 1 rings (SSSR count). The maximum Gasteiger partial charge on any atom is 0.100 e. The summed E-state index contributed by atoms with van der Waals surface area (Å²) in [6.45, 7) is 5.00. The molecule has 0 aromatic heterocycles. The van der Waals surface area contributed by atoms with Gasteiger partial charge in [-0.25, -0.2) is 0 Å². The van der Waals surface area contributed by atoms with Gasteiger partial charge >= 0.3 is 0 Å². The summed E-state index contributed by atoms with van der Waals surface area (Å²) in [5.41, 5.74) is 1.22. The minimum atomic E-state index is -0.990. The zero-order valence-electron chi connectivity index (χ0n) is 11.9. The predicted molar refractivity (Wildman–Crippen MR) is 83.2 cm³/mol. The van der Waals surface area contributed by atoms with Gasteiger partial charge in [-0.3, -0.25) is 0 Å². The van der Waals surface area contributed by atoms with Crippen molar-refractivity contribution in [2.24, 2.45) is 0 Å². The van der Waals surface area contributed by atoms with Crippen molar-refractivity contribution < 1.29 is 4.74 Å². The van der Waals surface area contributed by atoms with E-state index in [-0.39, 0.29) is 0 Å². The highest BCUT2D eigenvalue weighted by Gasteiger charge is 2.13. The van der Waals surface area contributed by atoms with Crippen molar-refractivity contribution in [2.45, 2.75) is 12.5 Å². The van der Waals surface area contributed by atoms with Crippen LogP contribution in [0.15, 0.2) is 30.8 Å². The fourth-order valence-electron chi connectivity index (χ4n) is 2.14. The molecule has 0 fully saturated rings. The van der Waals surface area contributed by atoms with E-state index in [2.05, 4.69) is 49.8 Å². The molecule has 0 aliphatic carbocycles. The van der Waals surface area contributed by atoms with E-state index in [0.29, 0.717) is 0 Å². The van der Waals surface area contributed by atoms with Gasteiger partial charge in [-0.05, 0) is 32.6 Å². The van der Waals surface area contributed by atoms with Crippen molar-refractivity contribution in [3.05, 3.63) is 36.4 Å². The molecular formula is C15H25NOSi. The van der Waals surface area contributed by atoms with E-state index >= 15 is 0 Å². The van der Waals surface area contributed by atoms with Crippen LogP contribution in [0.25, 0.3) is 6.08 Å². The average molecular weight is 263 g/mol.